The summed E-state index contributed by atoms with van der Waals surface area (Å²) in [6, 6.07) is 18.1. The number of aryl methyl sites for hydroxylation is 2. The summed E-state index contributed by atoms with van der Waals surface area (Å²) in [5.74, 6) is 0.0184. The molecule has 0 unspecified atom stereocenters. The molecule has 1 fully saturated rings. The Hall–Kier alpha value is -5.27. The molecule has 1 aliphatic rings. The van der Waals surface area contributed by atoms with E-state index in [1.54, 1.807) is 47.4 Å². The first kappa shape index (κ1) is 28.5. The zero-order chi connectivity index (χ0) is 31.5. The lowest BCUT2D eigenvalue weighted by Gasteiger charge is -2.27. The van der Waals surface area contributed by atoms with Crippen molar-refractivity contribution in [2.24, 2.45) is 0 Å². The van der Waals surface area contributed by atoms with Crippen molar-refractivity contribution in [2.75, 3.05) is 31.9 Å². The average Bonchev–Trinajstić information content (AvgIpc) is 3.74. The van der Waals surface area contributed by atoms with Crippen LogP contribution >= 0.6 is 0 Å². The van der Waals surface area contributed by atoms with E-state index >= 15 is 0 Å². The largest absolute Gasteiger partial charge is 0.383 e. The second-order valence-electron chi connectivity index (χ2n) is 11.1. The normalized spacial score (nSPS) is 14.0. The van der Waals surface area contributed by atoms with Crippen molar-refractivity contribution in [1.82, 2.24) is 33.9 Å². The van der Waals surface area contributed by atoms with Gasteiger partial charge in [0, 0.05) is 37.1 Å². The predicted molar refractivity (Wildman–Crippen MR) is 170 cm³/mol. The van der Waals surface area contributed by atoms with E-state index in [1.165, 1.54) is 29.1 Å². The fourth-order valence-corrected chi connectivity index (χ4v) is 7.25. The van der Waals surface area contributed by atoms with Gasteiger partial charge in [-0.1, -0.05) is 17.7 Å². The van der Waals surface area contributed by atoms with Crippen LogP contribution in [0.3, 0.4) is 0 Å². The molecule has 4 heterocycles. The van der Waals surface area contributed by atoms with E-state index in [-0.39, 0.29) is 33.4 Å². The van der Waals surface area contributed by atoms with Crippen LogP contribution in [0.15, 0.2) is 77.8 Å². The quantitative estimate of drug-likeness (QED) is 0.238. The van der Waals surface area contributed by atoms with Crippen LogP contribution in [0, 0.1) is 13.8 Å². The number of hydrogen-bond acceptors (Lipinski definition) is 8. The maximum atomic E-state index is 14.2. The van der Waals surface area contributed by atoms with Crippen LogP contribution in [0.2, 0.25) is 0 Å². The number of aromatic nitrogens is 5. The van der Waals surface area contributed by atoms with Gasteiger partial charge in [0.05, 0.1) is 38.9 Å². The lowest BCUT2D eigenvalue weighted by atomic mass is 10.1. The van der Waals surface area contributed by atoms with Crippen LogP contribution in [0.4, 0.5) is 5.82 Å². The van der Waals surface area contributed by atoms with Gasteiger partial charge < -0.3 is 20.9 Å². The van der Waals surface area contributed by atoms with Gasteiger partial charge in [-0.2, -0.15) is 5.10 Å². The number of H-pyrrole nitrogens is 1. The molecule has 45 heavy (non-hydrogen) atoms. The summed E-state index contributed by atoms with van der Waals surface area (Å²) in [4.78, 5) is 36.9. The number of rotatable bonds is 6. The molecule has 1 saturated heterocycles. The SMILES string of the molecule is Cc1ccc(S(=O)(=O)n2c(C(=O)c3cnn(-c4ccc5[nH]c(C)nc5c4)c3N)cc3cc(C(=O)N4CCNCC4)ccc32)cc1. The van der Waals surface area contributed by atoms with E-state index in [2.05, 4.69) is 20.4 Å². The number of amides is 1. The number of carbonyl (C=O) groups is 2. The van der Waals surface area contributed by atoms with E-state index in [1.807, 2.05) is 19.9 Å². The number of nitrogens with two attached hydrogens (primary N) is 1. The Kier molecular flexibility index (Phi) is 6.79. The summed E-state index contributed by atoms with van der Waals surface area (Å²) in [7, 11) is -4.24. The molecule has 7 rings (SSSR count). The minimum atomic E-state index is -4.24. The Balaban J connectivity index is 1.35. The molecule has 0 saturated carbocycles. The second kappa shape index (κ2) is 10.7. The molecule has 1 aliphatic heterocycles. The van der Waals surface area contributed by atoms with Gasteiger partial charge in [-0.15, -0.1) is 0 Å². The smallest absolute Gasteiger partial charge is 0.268 e. The van der Waals surface area contributed by atoms with Crippen LogP contribution in [0.5, 0.6) is 0 Å². The standard InChI is InChI=1S/C32H30N8O4S/c1-19-3-7-24(8-4-19)45(43,44)40-28-10-5-21(32(42)38-13-11-34-12-14-38)15-22(28)16-29(40)30(41)25-18-35-39(31(25)33)23-6-9-26-27(17-23)37-20(2)36-26/h3-10,15-18,34H,11-14,33H2,1-2H3,(H,36,37). The molecule has 6 aromatic rings. The van der Waals surface area contributed by atoms with Gasteiger partial charge in [0.2, 0.25) is 5.78 Å². The zero-order valence-electron chi connectivity index (χ0n) is 24.6. The third-order valence-electron chi connectivity index (χ3n) is 8.08. The first-order valence-corrected chi connectivity index (χ1v) is 15.9. The summed E-state index contributed by atoms with van der Waals surface area (Å²) in [6.45, 7) is 6.24. The molecule has 13 heteroatoms. The zero-order valence-corrected chi connectivity index (χ0v) is 25.4. The van der Waals surface area contributed by atoms with E-state index in [0.717, 1.165) is 20.9 Å². The molecule has 3 aromatic carbocycles. The number of nitrogen functional groups attached to an aromatic ring is 1. The maximum Gasteiger partial charge on any atom is 0.268 e. The van der Waals surface area contributed by atoms with E-state index in [9.17, 15) is 18.0 Å². The predicted octanol–water partition coefficient (Wildman–Crippen LogP) is 3.42. The molecule has 0 bridgehead atoms. The first-order chi connectivity index (χ1) is 21.6. The van der Waals surface area contributed by atoms with Crippen molar-refractivity contribution >= 4 is 49.5 Å². The lowest BCUT2D eigenvalue weighted by Crippen LogP contribution is -2.46. The summed E-state index contributed by atoms with van der Waals surface area (Å²) < 4.78 is 30.7. The number of anilines is 1. The van der Waals surface area contributed by atoms with E-state index < -0.39 is 15.8 Å². The van der Waals surface area contributed by atoms with Crippen molar-refractivity contribution in [2.45, 2.75) is 18.7 Å². The number of benzene rings is 3. The van der Waals surface area contributed by atoms with Crippen molar-refractivity contribution < 1.29 is 18.0 Å². The highest BCUT2D eigenvalue weighted by Gasteiger charge is 2.30. The maximum absolute atomic E-state index is 14.2. The molecule has 228 valence electrons. The molecule has 0 atom stereocenters. The van der Waals surface area contributed by atoms with Gasteiger partial charge in [-0.25, -0.2) is 22.1 Å². The monoisotopic (exact) mass is 622 g/mol. The Morgan fingerprint density at radius 2 is 1.69 bits per heavy atom. The number of nitrogens with zero attached hydrogens (tertiary/aromatic N) is 5. The molecule has 0 aliphatic carbocycles. The first-order valence-electron chi connectivity index (χ1n) is 14.4. The number of hydrogen-bond donors (Lipinski definition) is 3. The fourth-order valence-electron chi connectivity index (χ4n) is 5.74. The number of carbonyl (C=O) groups excluding carboxylic acids is 2. The minimum absolute atomic E-state index is 0.0203. The topological polar surface area (TPSA) is 161 Å². The van der Waals surface area contributed by atoms with Crippen LogP contribution in [-0.2, 0) is 10.0 Å². The van der Waals surface area contributed by atoms with E-state index in [4.69, 9.17) is 5.73 Å². The summed E-state index contributed by atoms with van der Waals surface area (Å²) in [5.41, 5.74) is 10.1. The van der Waals surface area contributed by atoms with Gasteiger partial charge in [-0.3, -0.25) is 9.59 Å². The Labute approximate surface area is 258 Å². The molecule has 0 radical (unpaired) electrons. The highest BCUT2D eigenvalue weighted by Crippen LogP contribution is 2.31. The molecular weight excluding hydrogens is 592 g/mol. The third kappa shape index (κ3) is 4.86. The van der Waals surface area contributed by atoms with Crippen LogP contribution in [0.25, 0.3) is 27.6 Å². The van der Waals surface area contributed by atoms with Crippen LogP contribution in [0.1, 0.15) is 37.8 Å². The molecule has 12 nitrogen and oxygen atoms in total. The summed E-state index contributed by atoms with van der Waals surface area (Å²) in [5, 5.41) is 8.03. The second-order valence-corrected chi connectivity index (χ2v) is 12.9. The minimum Gasteiger partial charge on any atom is -0.383 e. The Morgan fingerprint density at radius 1 is 0.933 bits per heavy atom. The summed E-state index contributed by atoms with van der Waals surface area (Å²) in [6.07, 6.45) is 1.33. The highest BCUT2D eigenvalue weighted by atomic mass is 32.2. The number of fused-ring (bicyclic) bond motifs is 2. The van der Waals surface area contributed by atoms with Crippen LogP contribution in [-0.4, -0.2) is 74.9 Å². The van der Waals surface area contributed by atoms with Crippen molar-refractivity contribution in [3.8, 4) is 5.69 Å². The highest BCUT2D eigenvalue weighted by molar-refractivity contribution is 7.90. The number of ketones is 1. The van der Waals surface area contributed by atoms with Gasteiger partial charge in [0.25, 0.3) is 15.9 Å². The molecule has 3 aromatic heterocycles. The number of piperazine rings is 1. The van der Waals surface area contributed by atoms with E-state index in [0.29, 0.717) is 48.3 Å². The Bertz CT molecular complexity index is 2240. The van der Waals surface area contributed by atoms with Crippen molar-refractivity contribution in [1.29, 1.82) is 0 Å². The summed E-state index contributed by atoms with van der Waals surface area (Å²) >= 11 is 0. The third-order valence-corrected chi connectivity index (χ3v) is 9.82. The van der Waals surface area contributed by atoms with Gasteiger partial charge >= 0.3 is 0 Å². The molecule has 4 N–H and O–H groups in total. The fraction of sp³-hybridized carbons (Fsp3) is 0.188. The lowest BCUT2D eigenvalue weighted by molar-refractivity contribution is 0.0736. The number of nitrogens with one attached hydrogen (secondary N) is 2. The average molecular weight is 623 g/mol. The number of imidazole rings is 1. The molecular formula is C32H30N8O4S. The van der Waals surface area contributed by atoms with Crippen molar-refractivity contribution in [3.05, 3.63) is 101 Å². The van der Waals surface area contributed by atoms with Crippen LogP contribution < -0.4 is 11.1 Å². The Morgan fingerprint density at radius 3 is 2.44 bits per heavy atom. The molecule has 1 amide bonds. The van der Waals surface area contributed by atoms with Gasteiger partial charge in [0.1, 0.15) is 17.3 Å². The van der Waals surface area contributed by atoms with Crippen molar-refractivity contribution in [3.63, 3.8) is 0 Å². The van der Waals surface area contributed by atoms with Gasteiger partial charge in [0.15, 0.2) is 0 Å². The number of aromatic amines is 1. The van der Waals surface area contributed by atoms with Gasteiger partial charge in [-0.05, 0) is 68.4 Å². The molecule has 0 spiro atoms.